The number of rotatable bonds is 4. The van der Waals surface area contributed by atoms with Gasteiger partial charge in [-0.15, -0.1) is 11.3 Å². The van der Waals surface area contributed by atoms with E-state index in [2.05, 4.69) is 49.1 Å². The second kappa shape index (κ2) is 6.63. The average molecular weight is 404 g/mol. The molecule has 0 aliphatic carbocycles. The minimum absolute atomic E-state index is 0.0865. The van der Waals surface area contributed by atoms with Gasteiger partial charge in [-0.25, -0.2) is 4.98 Å². The molecule has 6 heteroatoms. The maximum Gasteiger partial charge on any atom is 0.252 e. The summed E-state index contributed by atoms with van der Waals surface area (Å²) in [5.41, 5.74) is 0.626. The first-order chi connectivity index (χ1) is 9.08. The molecule has 3 nitrogen and oxygen atoms in total. The molecule has 1 atom stereocenters. The summed E-state index contributed by atoms with van der Waals surface area (Å²) in [6, 6.07) is 5.54. The number of carbonyl (C=O) groups excluding carboxylic acids is 1. The smallest absolute Gasteiger partial charge is 0.252 e. The Morgan fingerprint density at radius 2 is 2.26 bits per heavy atom. The summed E-state index contributed by atoms with van der Waals surface area (Å²) in [7, 11) is 0. The van der Waals surface area contributed by atoms with E-state index in [4.69, 9.17) is 0 Å². The van der Waals surface area contributed by atoms with Crippen molar-refractivity contribution >= 4 is 49.1 Å². The fraction of sp³-hybridized carbons (Fsp3) is 0.231. The predicted octanol–water partition coefficient (Wildman–Crippen LogP) is 4.20. The second-order valence-corrected chi connectivity index (χ2v) is 6.80. The molecular formula is C13H12Br2N2OS. The lowest BCUT2D eigenvalue weighted by Crippen LogP contribution is -2.27. The monoisotopic (exact) mass is 402 g/mol. The van der Waals surface area contributed by atoms with E-state index < -0.39 is 0 Å². The maximum absolute atomic E-state index is 12.1. The summed E-state index contributed by atoms with van der Waals surface area (Å²) in [6.07, 6.45) is 1.78. The number of thiazole rings is 1. The Morgan fingerprint density at radius 3 is 2.95 bits per heavy atom. The molecule has 1 aromatic carbocycles. The normalized spacial score (nSPS) is 12.2. The van der Waals surface area contributed by atoms with Gasteiger partial charge in [0.05, 0.1) is 10.6 Å². The Hall–Kier alpha value is -0.720. The van der Waals surface area contributed by atoms with E-state index in [1.807, 2.05) is 17.5 Å². The Balaban J connectivity index is 2.00. The predicted molar refractivity (Wildman–Crippen MR) is 84.7 cm³/mol. The Morgan fingerprint density at radius 1 is 1.47 bits per heavy atom. The van der Waals surface area contributed by atoms with Crippen molar-refractivity contribution in [3.05, 3.63) is 49.3 Å². The molecule has 19 heavy (non-hydrogen) atoms. The first-order valence-electron chi connectivity index (χ1n) is 5.70. The summed E-state index contributed by atoms with van der Waals surface area (Å²) < 4.78 is 1.67. The number of amides is 1. The van der Waals surface area contributed by atoms with Crippen molar-refractivity contribution in [3.8, 4) is 0 Å². The summed E-state index contributed by atoms with van der Waals surface area (Å²) in [6.45, 7) is 2.63. The van der Waals surface area contributed by atoms with E-state index >= 15 is 0 Å². The fourth-order valence-corrected chi connectivity index (χ4v) is 3.06. The zero-order valence-corrected chi connectivity index (χ0v) is 14.2. The molecule has 0 saturated heterocycles. The second-order valence-electron chi connectivity index (χ2n) is 4.11. The quantitative estimate of drug-likeness (QED) is 0.830. The number of nitrogens with zero attached hydrogens (tertiary/aromatic N) is 1. The molecule has 2 rings (SSSR count). The number of benzene rings is 1. The lowest BCUT2D eigenvalue weighted by molar-refractivity contribution is 0.0951. The summed E-state index contributed by atoms with van der Waals surface area (Å²) in [5.74, 6) is 0.131. The molecule has 0 spiro atoms. The van der Waals surface area contributed by atoms with Crippen LogP contribution in [0.5, 0.6) is 0 Å². The third kappa shape index (κ3) is 3.87. The molecule has 1 heterocycles. The SMILES string of the molecule is CC(CNC(=O)c1cc(Br)ccc1Br)c1nccs1. The minimum Gasteiger partial charge on any atom is -0.351 e. The van der Waals surface area contributed by atoms with Crippen molar-refractivity contribution in [2.24, 2.45) is 0 Å². The number of nitrogens with one attached hydrogen (secondary N) is 1. The molecule has 0 aliphatic rings. The highest BCUT2D eigenvalue weighted by molar-refractivity contribution is 9.11. The van der Waals surface area contributed by atoms with Gasteiger partial charge in [0.2, 0.25) is 0 Å². The van der Waals surface area contributed by atoms with E-state index in [0.29, 0.717) is 12.1 Å². The molecule has 0 radical (unpaired) electrons. The summed E-state index contributed by atoms with van der Waals surface area (Å²) in [4.78, 5) is 16.4. The van der Waals surface area contributed by atoms with E-state index in [9.17, 15) is 4.79 Å². The molecule has 1 amide bonds. The van der Waals surface area contributed by atoms with Crippen molar-refractivity contribution in [2.45, 2.75) is 12.8 Å². The van der Waals surface area contributed by atoms with Crippen molar-refractivity contribution < 1.29 is 4.79 Å². The van der Waals surface area contributed by atoms with E-state index in [-0.39, 0.29) is 11.8 Å². The van der Waals surface area contributed by atoms with Crippen molar-refractivity contribution in [1.29, 1.82) is 0 Å². The van der Waals surface area contributed by atoms with E-state index in [0.717, 1.165) is 14.0 Å². The highest BCUT2D eigenvalue weighted by Gasteiger charge is 2.13. The van der Waals surface area contributed by atoms with Gasteiger partial charge in [0.15, 0.2) is 0 Å². The van der Waals surface area contributed by atoms with Gasteiger partial charge in [-0.05, 0) is 34.1 Å². The zero-order chi connectivity index (χ0) is 13.8. The van der Waals surface area contributed by atoms with Crippen LogP contribution in [-0.2, 0) is 0 Å². The Labute approximate surface area is 132 Å². The Bertz CT molecular complexity index is 572. The van der Waals surface area contributed by atoms with Crippen LogP contribution in [0.2, 0.25) is 0 Å². The van der Waals surface area contributed by atoms with Crippen LogP contribution in [0.4, 0.5) is 0 Å². The van der Waals surface area contributed by atoms with E-state index in [1.54, 1.807) is 23.6 Å². The average Bonchev–Trinajstić information content (AvgIpc) is 2.92. The third-order valence-corrected chi connectivity index (χ3v) is 4.81. The molecule has 1 N–H and O–H groups in total. The number of halogens is 2. The molecule has 1 aromatic heterocycles. The third-order valence-electron chi connectivity index (χ3n) is 2.61. The molecule has 100 valence electrons. The maximum atomic E-state index is 12.1. The first-order valence-corrected chi connectivity index (χ1v) is 8.17. The largest absolute Gasteiger partial charge is 0.351 e. The number of carbonyl (C=O) groups is 1. The van der Waals surface area contributed by atoms with Gasteiger partial charge in [0, 0.05) is 33.0 Å². The van der Waals surface area contributed by atoms with Gasteiger partial charge in [-0.1, -0.05) is 22.9 Å². The Kier molecular flexibility index (Phi) is 5.13. The standard InChI is InChI=1S/C13H12Br2N2OS/c1-8(13-16-4-5-19-13)7-17-12(18)10-6-9(14)2-3-11(10)15/h2-6,8H,7H2,1H3,(H,17,18). The van der Waals surface area contributed by atoms with Gasteiger partial charge in [0.25, 0.3) is 5.91 Å². The minimum atomic E-state index is -0.0865. The van der Waals surface area contributed by atoms with Crippen molar-refractivity contribution in [3.63, 3.8) is 0 Å². The number of hydrogen-bond donors (Lipinski definition) is 1. The van der Waals surface area contributed by atoms with Crippen LogP contribution in [0.15, 0.2) is 38.7 Å². The van der Waals surface area contributed by atoms with Crippen LogP contribution in [0.25, 0.3) is 0 Å². The van der Waals surface area contributed by atoms with Crippen LogP contribution >= 0.6 is 43.2 Å². The number of hydrogen-bond acceptors (Lipinski definition) is 3. The van der Waals surface area contributed by atoms with Crippen LogP contribution in [-0.4, -0.2) is 17.4 Å². The first kappa shape index (κ1) is 14.7. The molecular weight excluding hydrogens is 392 g/mol. The van der Waals surface area contributed by atoms with Crippen LogP contribution in [0.3, 0.4) is 0 Å². The molecule has 0 fully saturated rings. The number of aromatic nitrogens is 1. The van der Waals surface area contributed by atoms with Crippen LogP contribution in [0, 0.1) is 0 Å². The van der Waals surface area contributed by atoms with Gasteiger partial charge < -0.3 is 5.32 Å². The fourth-order valence-electron chi connectivity index (χ4n) is 1.58. The summed E-state index contributed by atoms with van der Waals surface area (Å²) >= 11 is 8.36. The topological polar surface area (TPSA) is 42.0 Å². The zero-order valence-electron chi connectivity index (χ0n) is 10.2. The highest BCUT2D eigenvalue weighted by Crippen LogP contribution is 2.22. The highest BCUT2D eigenvalue weighted by atomic mass is 79.9. The molecule has 0 aliphatic heterocycles. The summed E-state index contributed by atoms with van der Waals surface area (Å²) in [5, 5.41) is 5.91. The molecule has 2 aromatic rings. The molecule has 0 bridgehead atoms. The van der Waals surface area contributed by atoms with Gasteiger partial charge >= 0.3 is 0 Å². The van der Waals surface area contributed by atoms with Gasteiger partial charge in [-0.3, -0.25) is 4.79 Å². The van der Waals surface area contributed by atoms with Crippen molar-refractivity contribution in [1.82, 2.24) is 10.3 Å². The lowest BCUT2D eigenvalue weighted by atomic mass is 10.1. The van der Waals surface area contributed by atoms with Gasteiger partial charge in [-0.2, -0.15) is 0 Å². The van der Waals surface area contributed by atoms with Crippen LogP contribution in [0.1, 0.15) is 28.2 Å². The van der Waals surface area contributed by atoms with Crippen LogP contribution < -0.4 is 5.32 Å². The van der Waals surface area contributed by atoms with Crippen molar-refractivity contribution in [2.75, 3.05) is 6.54 Å². The molecule has 1 unspecified atom stereocenters. The molecule has 0 saturated carbocycles. The lowest BCUT2D eigenvalue weighted by Gasteiger charge is -2.11. The van der Waals surface area contributed by atoms with E-state index in [1.165, 1.54) is 0 Å². The van der Waals surface area contributed by atoms with Gasteiger partial charge in [0.1, 0.15) is 0 Å².